The third-order valence-electron chi connectivity index (χ3n) is 3.11. The molecule has 1 N–H and O–H groups in total. The maximum Gasteiger partial charge on any atom is 0.309 e. The van der Waals surface area contributed by atoms with E-state index in [0.717, 1.165) is 38.5 Å². The van der Waals surface area contributed by atoms with Crippen molar-refractivity contribution < 1.29 is 9.90 Å². The molecule has 0 saturated heterocycles. The third-order valence-corrected chi connectivity index (χ3v) is 3.11. The van der Waals surface area contributed by atoms with Gasteiger partial charge in [0.05, 0.1) is 5.41 Å². The lowest BCUT2D eigenvalue weighted by molar-refractivity contribution is -0.150. The van der Waals surface area contributed by atoms with Gasteiger partial charge >= 0.3 is 5.97 Å². The maximum absolute atomic E-state index is 11.4. The number of carboxylic acid groups (broad SMARTS) is 1. The van der Waals surface area contributed by atoms with Crippen molar-refractivity contribution >= 4 is 5.97 Å². The van der Waals surface area contributed by atoms with Crippen molar-refractivity contribution in [2.75, 3.05) is 0 Å². The number of carboxylic acids is 1. The molecule has 0 bridgehead atoms. The Morgan fingerprint density at radius 3 is 1.87 bits per heavy atom. The molecule has 0 amide bonds. The van der Waals surface area contributed by atoms with E-state index >= 15 is 0 Å². The third kappa shape index (κ3) is 4.67. The Morgan fingerprint density at radius 1 is 1.13 bits per heavy atom. The van der Waals surface area contributed by atoms with Gasteiger partial charge in [0.25, 0.3) is 0 Å². The first-order chi connectivity index (χ1) is 6.98. The van der Waals surface area contributed by atoms with E-state index in [9.17, 15) is 9.90 Å². The molecule has 0 spiro atoms. The van der Waals surface area contributed by atoms with Gasteiger partial charge in [-0.15, -0.1) is 0 Å². The van der Waals surface area contributed by atoms with Crippen molar-refractivity contribution in [3.63, 3.8) is 0 Å². The average Bonchev–Trinajstić information content (AvgIpc) is 2.14. The highest BCUT2D eigenvalue weighted by molar-refractivity contribution is 5.74. The summed E-state index contributed by atoms with van der Waals surface area (Å²) in [5.74, 6) is 0.00397. The van der Waals surface area contributed by atoms with Gasteiger partial charge in [0.2, 0.25) is 0 Å². The van der Waals surface area contributed by atoms with Gasteiger partial charge in [-0.2, -0.15) is 0 Å². The summed E-state index contributed by atoms with van der Waals surface area (Å²) in [6.07, 6.45) is 5.43. The van der Waals surface area contributed by atoms with Crippen LogP contribution >= 0.6 is 0 Å². The highest BCUT2D eigenvalue weighted by Gasteiger charge is 2.36. The van der Waals surface area contributed by atoms with Crippen LogP contribution in [0.25, 0.3) is 0 Å². The van der Waals surface area contributed by atoms with Gasteiger partial charge < -0.3 is 5.11 Å². The zero-order valence-corrected chi connectivity index (χ0v) is 10.7. The largest absolute Gasteiger partial charge is 0.481 e. The molecule has 0 saturated carbocycles. The maximum atomic E-state index is 11.4. The minimum atomic E-state index is -0.591. The fourth-order valence-corrected chi connectivity index (χ4v) is 2.22. The van der Waals surface area contributed by atoms with Crippen LogP contribution in [0.15, 0.2) is 0 Å². The topological polar surface area (TPSA) is 37.3 Å². The summed E-state index contributed by atoms with van der Waals surface area (Å²) in [5.41, 5.74) is -0.451. The molecule has 0 atom stereocenters. The Bertz CT molecular complexity index is 179. The highest BCUT2D eigenvalue weighted by atomic mass is 16.4. The fourth-order valence-electron chi connectivity index (χ4n) is 2.22. The standard InChI is InChI=1S/C13H26O2/c1-5-8-13(9-6-2,12(14)15)10-7-11(3)4/h11H,5-10H2,1-4H3,(H,14,15). The molecule has 0 unspecified atom stereocenters. The van der Waals surface area contributed by atoms with E-state index in [1.165, 1.54) is 0 Å². The van der Waals surface area contributed by atoms with Gasteiger partial charge in [-0.3, -0.25) is 4.79 Å². The zero-order chi connectivity index (χ0) is 11.9. The van der Waals surface area contributed by atoms with E-state index in [4.69, 9.17) is 0 Å². The molecule has 0 aliphatic carbocycles. The Labute approximate surface area is 94.1 Å². The lowest BCUT2D eigenvalue weighted by Gasteiger charge is -2.29. The van der Waals surface area contributed by atoms with Crippen LogP contribution in [-0.2, 0) is 4.79 Å². The van der Waals surface area contributed by atoms with Crippen LogP contribution < -0.4 is 0 Å². The monoisotopic (exact) mass is 214 g/mol. The molecule has 0 aromatic carbocycles. The number of hydrogen-bond donors (Lipinski definition) is 1. The van der Waals surface area contributed by atoms with Crippen LogP contribution in [-0.4, -0.2) is 11.1 Å². The van der Waals surface area contributed by atoms with Crippen molar-refractivity contribution in [2.45, 2.75) is 66.2 Å². The lowest BCUT2D eigenvalue weighted by atomic mass is 9.74. The number of hydrogen-bond acceptors (Lipinski definition) is 1. The smallest absolute Gasteiger partial charge is 0.309 e. The van der Waals surface area contributed by atoms with Gasteiger partial charge in [-0.25, -0.2) is 0 Å². The Kier molecular flexibility index (Phi) is 6.62. The van der Waals surface area contributed by atoms with E-state index in [1.807, 2.05) is 0 Å². The molecule has 0 aliphatic heterocycles. The van der Waals surface area contributed by atoms with Gasteiger partial charge in [-0.1, -0.05) is 40.5 Å². The Morgan fingerprint density at radius 2 is 1.60 bits per heavy atom. The molecule has 90 valence electrons. The summed E-state index contributed by atoms with van der Waals surface area (Å²) >= 11 is 0. The molecule has 0 fully saturated rings. The lowest BCUT2D eigenvalue weighted by Crippen LogP contribution is -2.31. The Hall–Kier alpha value is -0.530. The normalized spacial score (nSPS) is 12.1. The van der Waals surface area contributed by atoms with Crippen LogP contribution in [0.2, 0.25) is 0 Å². The number of carbonyl (C=O) groups is 1. The van der Waals surface area contributed by atoms with Crippen molar-refractivity contribution in [2.24, 2.45) is 11.3 Å². The quantitative estimate of drug-likeness (QED) is 0.660. The molecule has 0 aromatic rings. The van der Waals surface area contributed by atoms with E-state index < -0.39 is 11.4 Å². The van der Waals surface area contributed by atoms with Crippen molar-refractivity contribution in [3.05, 3.63) is 0 Å². The molecule has 15 heavy (non-hydrogen) atoms. The summed E-state index contributed by atoms with van der Waals surface area (Å²) in [6, 6.07) is 0. The number of aliphatic carboxylic acids is 1. The van der Waals surface area contributed by atoms with Crippen molar-refractivity contribution in [1.29, 1.82) is 0 Å². The van der Waals surface area contributed by atoms with E-state index in [2.05, 4.69) is 27.7 Å². The molecule has 0 heterocycles. The first-order valence-electron chi connectivity index (χ1n) is 6.22. The summed E-state index contributed by atoms with van der Waals surface area (Å²) in [6.45, 7) is 8.46. The predicted molar refractivity (Wildman–Crippen MR) is 64.0 cm³/mol. The van der Waals surface area contributed by atoms with Gasteiger partial charge in [0.15, 0.2) is 0 Å². The van der Waals surface area contributed by atoms with E-state index in [0.29, 0.717) is 5.92 Å². The first-order valence-corrected chi connectivity index (χ1v) is 6.22. The molecular weight excluding hydrogens is 188 g/mol. The van der Waals surface area contributed by atoms with Crippen LogP contribution in [0, 0.1) is 11.3 Å². The average molecular weight is 214 g/mol. The molecule has 2 heteroatoms. The van der Waals surface area contributed by atoms with Crippen molar-refractivity contribution in [3.8, 4) is 0 Å². The second-order valence-electron chi connectivity index (χ2n) is 5.02. The Balaban J connectivity index is 4.54. The van der Waals surface area contributed by atoms with Crippen molar-refractivity contribution in [1.82, 2.24) is 0 Å². The first kappa shape index (κ1) is 14.5. The molecule has 0 radical (unpaired) electrons. The van der Waals surface area contributed by atoms with Crippen LogP contribution in [0.1, 0.15) is 66.2 Å². The molecule has 0 rings (SSSR count). The fraction of sp³-hybridized carbons (Fsp3) is 0.923. The molecular formula is C13H26O2. The zero-order valence-electron chi connectivity index (χ0n) is 10.7. The molecule has 0 aromatic heterocycles. The summed E-state index contributed by atoms with van der Waals surface area (Å²) in [7, 11) is 0. The predicted octanol–water partition coefficient (Wildman–Crippen LogP) is 4.09. The van der Waals surface area contributed by atoms with E-state index in [1.54, 1.807) is 0 Å². The summed E-state index contributed by atoms with van der Waals surface area (Å²) in [5, 5.41) is 9.40. The summed E-state index contributed by atoms with van der Waals surface area (Å²) in [4.78, 5) is 11.4. The minimum Gasteiger partial charge on any atom is -0.481 e. The van der Waals surface area contributed by atoms with Gasteiger partial charge in [-0.05, 0) is 31.6 Å². The SMILES string of the molecule is CCCC(CCC)(CCC(C)C)C(=O)O. The molecule has 0 aliphatic rings. The second-order valence-corrected chi connectivity index (χ2v) is 5.02. The highest BCUT2D eigenvalue weighted by Crippen LogP contribution is 2.36. The van der Waals surface area contributed by atoms with E-state index in [-0.39, 0.29) is 0 Å². The van der Waals surface area contributed by atoms with Crippen LogP contribution in [0.3, 0.4) is 0 Å². The second kappa shape index (κ2) is 6.86. The number of rotatable bonds is 8. The van der Waals surface area contributed by atoms with Crippen LogP contribution in [0.4, 0.5) is 0 Å². The van der Waals surface area contributed by atoms with Gasteiger partial charge in [0, 0.05) is 0 Å². The summed E-state index contributed by atoms with van der Waals surface area (Å²) < 4.78 is 0. The van der Waals surface area contributed by atoms with Crippen LogP contribution in [0.5, 0.6) is 0 Å². The molecule has 2 nitrogen and oxygen atoms in total. The minimum absolute atomic E-state index is 0.451. The van der Waals surface area contributed by atoms with Gasteiger partial charge in [0.1, 0.15) is 0 Å².